The maximum Gasteiger partial charge on any atom is 0.220 e. The average molecular weight is 258 g/mol. The van der Waals surface area contributed by atoms with Gasteiger partial charge in [-0.05, 0) is 18.6 Å². The van der Waals surface area contributed by atoms with Gasteiger partial charge in [0.15, 0.2) is 0 Å². The molecule has 0 bridgehead atoms. The van der Waals surface area contributed by atoms with Crippen LogP contribution in [0.25, 0.3) is 0 Å². The molecule has 0 heterocycles. The monoisotopic (exact) mass is 257 g/mol. The van der Waals surface area contributed by atoms with Crippen LogP contribution in [0.1, 0.15) is 12.8 Å². The fourth-order valence-corrected chi connectivity index (χ4v) is 2.11. The number of hydrogen-bond acceptors (Lipinski definition) is 2. The van der Waals surface area contributed by atoms with Crippen molar-refractivity contribution in [1.82, 2.24) is 5.32 Å². The number of thioether (sulfide) groups is 1. The van der Waals surface area contributed by atoms with Crippen LogP contribution < -0.4 is 5.32 Å². The summed E-state index contributed by atoms with van der Waals surface area (Å²) in [5, 5.41) is 2.87. The second kappa shape index (κ2) is 8.48. The van der Waals surface area contributed by atoms with E-state index in [0.29, 0.717) is 18.8 Å². The maximum absolute atomic E-state index is 11.2. The summed E-state index contributed by atoms with van der Waals surface area (Å²) < 4.78 is 0. The summed E-state index contributed by atoms with van der Waals surface area (Å²) in [6.07, 6.45) is 1.28. The molecule has 0 aliphatic heterocycles. The predicted molar refractivity (Wildman–Crippen MR) is 70.1 cm³/mol. The van der Waals surface area contributed by atoms with Gasteiger partial charge >= 0.3 is 0 Å². The van der Waals surface area contributed by atoms with E-state index in [-0.39, 0.29) is 5.91 Å². The third kappa shape index (κ3) is 6.03. The van der Waals surface area contributed by atoms with E-state index in [1.165, 1.54) is 4.90 Å². The van der Waals surface area contributed by atoms with Gasteiger partial charge in [-0.25, -0.2) is 0 Å². The van der Waals surface area contributed by atoms with Crippen LogP contribution in [0.2, 0.25) is 0 Å². The van der Waals surface area contributed by atoms with E-state index >= 15 is 0 Å². The van der Waals surface area contributed by atoms with Crippen molar-refractivity contribution in [3.05, 3.63) is 30.3 Å². The molecule has 1 aromatic carbocycles. The zero-order valence-corrected chi connectivity index (χ0v) is 10.7. The summed E-state index contributed by atoms with van der Waals surface area (Å²) in [5.41, 5.74) is 0. The van der Waals surface area contributed by atoms with Crippen molar-refractivity contribution in [3.63, 3.8) is 0 Å². The Morgan fingerprint density at radius 3 is 2.75 bits per heavy atom. The molecule has 0 saturated carbocycles. The first-order chi connectivity index (χ1) is 7.83. The molecule has 0 unspecified atom stereocenters. The lowest BCUT2D eigenvalue weighted by Gasteiger charge is -2.04. The molecule has 1 amide bonds. The summed E-state index contributed by atoms with van der Waals surface area (Å²) in [7, 11) is 0. The van der Waals surface area contributed by atoms with Crippen LogP contribution in [0.5, 0.6) is 0 Å². The average Bonchev–Trinajstić information content (AvgIpc) is 2.33. The van der Waals surface area contributed by atoms with Crippen LogP contribution >= 0.6 is 23.4 Å². The van der Waals surface area contributed by atoms with Crippen molar-refractivity contribution in [2.45, 2.75) is 17.7 Å². The third-order valence-electron chi connectivity index (χ3n) is 1.97. The lowest BCUT2D eigenvalue weighted by atomic mass is 10.3. The van der Waals surface area contributed by atoms with Gasteiger partial charge in [0.25, 0.3) is 0 Å². The molecule has 2 nitrogen and oxygen atoms in total. The van der Waals surface area contributed by atoms with Crippen LogP contribution in [0, 0.1) is 0 Å². The largest absolute Gasteiger partial charge is 0.355 e. The lowest BCUT2D eigenvalue weighted by Crippen LogP contribution is -2.25. The van der Waals surface area contributed by atoms with Crippen molar-refractivity contribution in [1.29, 1.82) is 0 Å². The number of nitrogens with one attached hydrogen (secondary N) is 1. The van der Waals surface area contributed by atoms with Gasteiger partial charge in [0, 0.05) is 29.5 Å². The molecule has 0 spiro atoms. The molecule has 0 atom stereocenters. The minimum atomic E-state index is 0.0920. The summed E-state index contributed by atoms with van der Waals surface area (Å²) in [5.74, 6) is 1.54. The molecule has 1 N–H and O–H groups in total. The molecule has 0 saturated heterocycles. The summed E-state index contributed by atoms with van der Waals surface area (Å²) in [4.78, 5) is 12.5. The zero-order valence-electron chi connectivity index (χ0n) is 9.12. The molecule has 0 radical (unpaired) electrons. The highest BCUT2D eigenvalue weighted by molar-refractivity contribution is 7.99. The van der Waals surface area contributed by atoms with Gasteiger partial charge in [0.1, 0.15) is 0 Å². The standard InChI is InChI=1S/C12H16ClNOS/c13-8-4-7-12(15)14-9-10-16-11-5-2-1-3-6-11/h1-3,5-6H,4,7-10H2,(H,14,15). The second-order valence-electron chi connectivity index (χ2n) is 3.30. The number of alkyl halides is 1. The van der Waals surface area contributed by atoms with E-state index in [1.807, 2.05) is 18.2 Å². The van der Waals surface area contributed by atoms with E-state index in [4.69, 9.17) is 11.6 Å². The van der Waals surface area contributed by atoms with Gasteiger partial charge in [-0.15, -0.1) is 23.4 Å². The topological polar surface area (TPSA) is 29.1 Å². The SMILES string of the molecule is O=C(CCCCl)NCCSc1ccccc1. The fraction of sp³-hybridized carbons (Fsp3) is 0.417. The molecule has 1 rings (SSSR count). The van der Waals surface area contributed by atoms with Gasteiger partial charge < -0.3 is 5.32 Å². The smallest absolute Gasteiger partial charge is 0.220 e. The lowest BCUT2D eigenvalue weighted by molar-refractivity contribution is -0.120. The number of rotatable bonds is 7. The van der Waals surface area contributed by atoms with Gasteiger partial charge in [0.2, 0.25) is 5.91 Å². The van der Waals surface area contributed by atoms with Crippen molar-refractivity contribution >= 4 is 29.3 Å². The number of hydrogen-bond donors (Lipinski definition) is 1. The van der Waals surface area contributed by atoms with E-state index < -0.39 is 0 Å². The van der Waals surface area contributed by atoms with E-state index in [1.54, 1.807) is 11.8 Å². The molecule has 0 aliphatic carbocycles. The van der Waals surface area contributed by atoms with Crippen LogP contribution in [-0.4, -0.2) is 24.1 Å². The number of carbonyl (C=O) groups excluding carboxylic acids is 1. The van der Waals surface area contributed by atoms with Crippen molar-refractivity contribution in [3.8, 4) is 0 Å². The van der Waals surface area contributed by atoms with Gasteiger partial charge in [-0.3, -0.25) is 4.79 Å². The minimum absolute atomic E-state index is 0.0920. The first-order valence-electron chi connectivity index (χ1n) is 5.33. The van der Waals surface area contributed by atoms with E-state index in [0.717, 1.165) is 12.2 Å². The van der Waals surface area contributed by atoms with Crippen LogP contribution in [0.3, 0.4) is 0 Å². The zero-order chi connectivity index (χ0) is 11.6. The molecule has 4 heteroatoms. The highest BCUT2D eigenvalue weighted by atomic mass is 35.5. The predicted octanol–water partition coefficient (Wildman–Crippen LogP) is 2.91. The van der Waals surface area contributed by atoms with Crippen LogP contribution in [0.4, 0.5) is 0 Å². The van der Waals surface area contributed by atoms with Gasteiger partial charge in [-0.1, -0.05) is 18.2 Å². The molecule has 0 fully saturated rings. The summed E-state index contributed by atoms with van der Waals surface area (Å²) >= 11 is 7.25. The van der Waals surface area contributed by atoms with Crippen LogP contribution in [0.15, 0.2) is 35.2 Å². The second-order valence-corrected chi connectivity index (χ2v) is 4.85. The van der Waals surface area contributed by atoms with Crippen molar-refractivity contribution in [2.24, 2.45) is 0 Å². The fourth-order valence-electron chi connectivity index (χ4n) is 1.19. The Morgan fingerprint density at radius 1 is 1.31 bits per heavy atom. The summed E-state index contributed by atoms with van der Waals surface area (Å²) in [6.45, 7) is 0.709. The Hall–Kier alpha value is -0.670. The Bertz CT molecular complexity index is 305. The van der Waals surface area contributed by atoms with Gasteiger partial charge in [0.05, 0.1) is 0 Å². The Balaban J connectivity index is 2.06. The highest BCUT2D eigenvalue weighted by Crippen LogP contribution is 2.15. The number of carbonyl (C=O) groups is 1. The Morgan fingerprint density at radius 2 is 2.06 bits per heavy atom. The maximum atomic E-state index is 11.2. The molecule has 0 aromatic heterocycles. The number of benzene rings is 1. The van der Waals surface area contributed by atoms with E-state index in [2.05, 4.69) is 17.4 Å². The normalized spacial score (nSPS) is 10.1. The molecule has 0 aliphatic rings. The van der Waals surface area contributed by atoms with Gasteiger partial charge in [-0.2, -0.15) is 0 Å². The van der Waals surface area contributed by atoms with E-state index in [9.17, 15) is 4.79 Å². The molecule has 1 aromatic rings. The van der Waals surface area contributed by atoms with Crippen molar-refractivity contribution < 1.29 is 4.79 Å². The van der Waals surface area contributed by atoms with Crippen LogP contribution in [-0.2, 0) is 4.79 Å². The molecular formula is C12H16ClNOS. The Labute approximate surface area is 106 Å². The number of halogens is 1. The molecule has 16 heavy (non-hydrogen) atoms. The van der Waals surface area contributed by atoms with Crippen molar-refractivity contribution in [2.75, 3.05) is 18.2 Å². The third-order valence-corrected chi connectivity index (χ3v) is 3.25. The highest BCUT2D eigenvalue weighted by Gasteiger charge is 1.99. The quantitative estimate of drug-likeness (QED) is 0.462. The molecular weight excluding hydrogens is 242 g/mol. The first-order valence-corrected chi connectivity index (χ1v) is 6.85. The summed E-state index contributed by atoms with van der Waals surface area (Å²) in [6, 6.07) is 10.2. The first kappa shape index (κ1) is 13.4. The Kier molecular flexibility index (Phi) is 7.10. The molecule has 88 valence electrons. The number of amides is 1. The minimum Gasteiger partial charge on any atom is -0.355 e.